The first-order valence-electron chi connectivity index (χ1n) is 8.19. The fourth-order valence-electron chi connectivity index (χ4n) is 4.59. The Morgan fingerprint density at radius 1 is 1.24 bits per heavy atom. The molecule has 0 amide bonds. The molecular formula is C17H28O4. The fourth-order valence-corrected chi connectivity index (χ4v) is 4.59. The van der Waals surface area contributed by atoms with Gasteiger partial charge >= 0.3 is 0 Å². The minimum atomic E-state index is -0.369. The summed E-state index contributed by atoms with van der Waals surface area (Å²) in [6.45, 7) is 8.11. The van der Waals surface area contributed by atoms with E-state index in [1.165, 1.54) is 12.8 Å². The minimum Gasteiger partial charge on any atom is -0.382 e. The zero-order valence-corrected chi connectivity index (χ0v) is 13.7. The molecule has 0 N–H and O–H groups in total. The topological polar surface area (TPSA) is 44.8 Å². The lowest BCUT2D eigenvalue weighted by molar-refractivity contribution is -0.187. The van der Waals surface area contributed by atoms with E-state index in [0.717, 1.165) is 12.3 Å². The maximum atomic E-state index is 11.7. The van der Waals surface area contributed by atoms with E-state index in [4.69, 9.17) is 14.2 Å². The fraction of sp³-hybridized carbons (Fsp3) is 0.941. The number of hydrogen-bond donors (Lipinski definition) is 0. The predicted octanol–water partition coefficient (Wildman–Crippen LogP) is 2.59. The zero-order chi connectivity index (χ0) is 15.3. The summed E-state index contributed by atoms with van der Waals surface area (Å²) >= 11 is 0. The van der Waals surface area contributed by atoms with Gasteiger partial charge in [-0.2, -0.15) is 0 Å². The van der Waals surface area contributed by atoms with Gasteiger partial charge in [0, 0.05) is 13.5 Å². The largest absolute Gasteiger partial charge is 0.382 e. The van der Waals surface area contributed by atoms with E-state index in [2.05, 4.69) is 20.8 Å². The minimum absolute atomic E-state index is 0.0497. The number of Topliss-reactive ketones (excluding diaryl/α,β-unsaturated/α-hetero) is 1. The van der Waals surface area contributed by atoms with Crippen LogP contribution >= 0.6 is 0 Å². The molecule has 0 aromatic carbocycles. The Morgan fingerprint density at radius 2 is 2.00 bits per heavy atom. The molecule has 3 fully saturated rings. The number of methoxy groups -OCH3 is 1. The second-order valence-electron chi connectivity index (χ2n) is 7.73. The monoisotopic (exact) mass is 296 g/mol. The molecule has 0 saturated heterocycles. The van der Waals surface area contributed by atoms with Gasteiger partial charge in [-0.25, -0.2) is 0 Å². The van der Waals surface area contributed by atoms with Crippen LogP contribution in [0.15, 0.2) is 0 Å². The average molecular weight is 296 g/mol. The summed E-state index contributed by atoms with van der Waals surface area (Å²) in [7, 11) is 1.64. The van der Waals surface area contributed by atoms with E-state index >= 15 is 0 Å². The summed E-state index contributed by atoms with van der Waals surface area (Å²) in [6.07, 6.45) is 4.07. The SMILES string of the molecule is COCCOC1C(=O)CC1OC1CC2CCC1(C)C2(C)C. The lowest BCUT2D eigenvalue weighted by Gasteiger charge is -2.43. The van der Waals surface area contributed by atoms with Gasteiger partial charge in [0.1, 0.15) is 6.10 Å². The Morgan fingerprint density at radius 3 is 2.52 bits per heavy atom. The van der Waals surface area contributed by atoms with Crippen molar-refractivity contribution < 1.29 is 19.0 Å². The Hall–Kier alpha value is -0.450. The Balaban J connectivity index is 1.59. The van der Waals surface area contributed by atoms with E-state index in [0.29, 0.717) is 25.0 Å². The van der Waals surface area contributed by atoms with Crippen LogP contribution in [0.3, 0.4) is 0 Å². The number of ether oxygens (including phenoxy) is 3. The molecule has 3 aliphatic carbocycles. The molecule has 4 nitrogen and oxygen atoms in total. The van der Waals surface area contributed by atoms with Crippen molar-refractivity contribution >= 4 is 5.78 Å². The molecule has 21 heavy (non-hydrogen) atoms. The van der Waals surface area contributed by atoms with Crippen molar-refractivity contribution in [2.45, 2.75) is 64.8 Å². The van der Waals surface area contributed by atoms with Gasteiger partial charge in [-0.05, 0) is 36.0 Å². The Labute approximate surface area is 127 Å². The van der Waals surface area contributed by atoms with Crippen molar-refractivity contribution in [3.05, 3.63) is 0 Å². The van der Waals surface area contributed by atoms with Crippen LogP contribution < -0.4 is 0 Å². The summed E-state index contributed by atoms with van der Waals surface area (Å²) in [6, 6.07) is 0. The number of fused-ring (bicyclic) bond motifs is 2. The Bertz CT molecular complexity index is 419. The molecule has 0 radical (unpaired) electrons. The molecule has 2 bridgehead atoms. The van der Waals surface area contributed by atoms with Gasteiger partial charge in [-0.15, -0.1) is 0 Å². The number of carbonyl (C=O) groups excluding carboxylic acids is 1. The van der Waals surface area contributed by atoms with Gasteiger partial charge in [0.05, 0.1) is 25.4 Å². The Kier molecular flexibility index (Phi) is 3.92. The number of hydrogen-bond acceptors (Lipinski definition) is 4. The first-order chi connectivity index (χ1) is 9.90. The smallest absolute Gasteiger partial charge is 0.166 e. The van der Waals surface area contributed by atoms with Crippen molar-refractivity contribution in [2.75, 3.05) is 20.3 Å². The average Bonchev–Trinajstić information content (AvgIpc) is 2.76. The maximum Gasteiger partial charge on any atom is 0.166 e. The van der Waals surface area contributed by atoms with E-state index < -0.39 is 0 Å². The molecule has 0 heterocycles. The normalized spacial score (nSPS) is 44.1. The van der Waals surface area contributed by atoms with Gasteiger partial charge in [0.25, 0.3) is 0 Å². The van der Waals surface area contributed by atoms with Crippen LogP contribution in [0.25, 0.3) is 0 Å². The van der Waals surface area contributed by atoms with Crippen LogP contribution in [0.5, 0.6) is 0 Å². The van der Waals surface area contributed by atoms with E-state index in [-0.39, 0.29) is 29.5 Å². The zero-order valence-electron chi connectivity index (χ0n) is 13.7. The summed E-state index contributed by atoms with van der Waals surface area (Å²) < 4.78 is 16.9. The van der Waals surface area contributed by atoms with Crippen LogP contribution in [-0.4, -0.2) is 44.4 Å². The van der Waals surface area contributed by atoms with Crippen molar-refractivity contribution in [3.63, 3.8) is 0 Å². The van der Waals surface area contributed by atoms with Gasteiger partial charge in [-0.1, -0.05) is 20.8 Å². The number of ketones is 1. The van der Waals surface area contributed by atoms with Crippen LogP contribution in [0.2, 0.25) is 0 Å². The number of carbonyl (C=O) groups is 1. The molecule has 0 aliphatic heterocycles. The molecule has 0 spiro atoms. The van der Waals surface area contributed by atoms with Crippen LogP contribution in [-0.2, 0) is 19.0 Å². The second-order valence-corrected chi connectivity index (χ2v) is 7.73. The third-order valence-electron chi connectivity index (χ3n) is 6.70. The first kappa shape index (κ1) is 15.4. The van der Waals surface area contributed by atoms with Crippen LogP contribution in [0.4, 0.5) is 0 Å². The molecule has 5 unspecified atom stereocenters. The lowest BCUT2D eigenvalue weighted by Crippen LogP contribution is -2.53. The van der Waals surface area contributed by atoms with Gasteiger partial charge in [0.2, 0.25) is 0 Å². The van der Waals surface area contributed by atoms with Gasteiger partial charge in [-0.3, -0.25) is 4.79 Å². The van der Waals surface area contributed by atoms with Crippen molar-refractivity contribution in [3.8, 4) is 0 Å². The molecule has 0 aromatic heterocycles. The van der Waals surface area contributed by atoms with Crippen molar-refractivity contribution in [1.82, 2.24) is 0 Å². The van der Waals surface area contributed by atoms with Crippen molar-refractivity contribution in [1.29, 1.82) is 0 Å². The van der Waals surface area contributed by atoms with Gasteiger partial charge in [0.15, 0.2) is 5.78 Å². The quantitative estimate of drug-likeness (QED) is 0.707. The molecule has 3 saturated carbocycles. The second kappa shape index (κ2) is 5.32. The summed E-state index contributed by atoms with van der Waals surface area (Å²) in [5.74, 6) is 0.930. The highest BCUT2D eigenvalue weighted by Gasteiger charge is 2.63. The molecule has 3 aliphatic rings. The molecule has 5 atom stereocenters. The summed E-state index contributed by atoms with van der Waals surface area (Å²) in [5.41, 5.74) is 0.589. The first-order valence-corrected chi connectivity index (χ1v) is 8.19. The predicted molar refractivity (Wildman–Crippen MR) is 79.1 cm³/mol. The number of rotatable bonds is 6. The highest BCUT2D eigenvalue weighted by molar-refractivity contribution is 5.90. The maximum absolute atomic E-state index is 11.7. The molecular weight excluding hydrogens is 268 g/mol. The van der Waals surface area contributed by atoms with Crippen LogP contribution in [0, 0.1) is 16.7 Å². The standard InChI is InChI=1S/C17H28O4/c1-16(2)11-5-6-17(16,3)14(9-11)21-13-10-12(18)15(13)20-8-7-19-4/h11,13-15H,5-10H2,1-4H3. The van der Waals surface area contributed by atoms with E-state index in [1.54, 1.807) is 7.11 Å². The third kappa shape index (κ3) is 2.27. The third-order valence-corrected chi connectivity index (χ3v) is 6.70. The van der Waals surface area contributed by atoms with E-state index in [1.807, 2.05) is 0 Å². The van der Waals surface area contributed by atoms with Crippen LogP contribution in [0.1, 0.15) is 46.5 Å². The summed E-state index contributed by atoms with van der Waals surface area (Å²) in [4.78, 5) is 11.7. The molecule has 0 aromatic rings. The van der Waals surface area contributed by atoms with Crippen molar-refractivity contribution in [2.24, 2.45) is 16.7 Å². The lowest BCUT2D eigenvalue weighted by atomic mass is 9.70. The molecule has 4 heteroatoms. The van der Waals surface area contributed by atoms with Gasteiger partial charge < -0.3 is 14.2 Å². The highest BCUT2D eigenvalue weighted by Crippen LogP contribution is 2.66. The molecule has 3 rings (SSSR count). The highest BCUT2D eigenvalue weighted by atomic mass is 16.6. The molecule has 120 valence electrons. The van der Waals surface area contributed by atoms with E-state index in [9.17, 15) is 4.79 Å². The summed E-state index contributed by atoms with van der Waals surface area (Å²) in [5, 5.41) is 0.